The van der Waals surface area contributed by atoms with Crippen LogP contribution < -0.4 is 0 Å². The first-order chi connectivity index (χ1) is 16.2. The van der Waals surface area contributed by atoms with Crippen LogP contribution in [0.3, 0.4) is 0 Å². The molecule has 2 N–H and O–H groups in total. The Kier molecular flexibility index (Phi) is 4.57. The van der Waals surface area contributed by atoms with Crippen LogP contribution in [0.15, 0.2) is 85.2 Å². The predicted octanol–water partition coefficient (Wildman–Crippen LogP) is 5.49. The van der Waals surface area contributed by atoms with Crippen LogP contribution in [0.25, 0.3) is 22.3 Å². The van der Waals surface area contributed by atoms with Crippen LogP contribution in [-0.4, -0.2) is 32.3 Å². The number of fused-ring (bicyclic) bond motifs is 3. The van der Waals surface area contributed by atoms with E-state index in [1.807, 2.05) is 42.5 Å². The summed E-state index contributed by atoms with van der Waals surface area (Å²) in [4.78, 5) is 26.4. The third-order valence-electron chi connectivity index (χ3n) is 6.38. The van der Waals surface area contributed by atoms with Gasteiger partial charge in [-0.25, -0.2) is 9.37 Å². The number of aromatic nitrogens is 3. The molecule has 0 saturated carbocycles. The number of hydrogen-bond acceptors (Lipinski definition) is 2. The lowest BCUT2D eigenvalue weighted by Crippen LogP contribution is -2.41. The zero-order valence-corrected chi connectivity index (χ0v) is 17.8. The Labute approximate surface area is 189 Å². The van der Waals surface area contributed by atoms with Crippen molar-refractivity contribution in [3.63, 3.8) is 0 Å². The number of imidazole rings is 1. The largest absolute Gasteiger partial charge is 0.356 e. The number of carbonyl (C=O) groups is 1. The van der Waals surface area contributed by atoms with Gasteiger partial charge in [-0.1, -0.05) is 48.5 Å². The number of benzene rings is 3. The molecule has 1 amide bonds. The second-order valence-electron chi connectivity index (χ2n) is 8.25. The number of nitrogens with one attached hydrogen (secondary N) is 2. The predicted molar refractivity (Wildman–Crippen MR) is 125 cm³/mol. The molecular weight excluding hydrogens is 415 g/mol. The van der Waals surface area contributed by atoms with E-state index in [2.05, 4.69) is 21.0 Å². The van der Waals surface area contributed by atoms with E-state index >= 15 is 4.39 Å². The number of rotatable bonds is 3. The first kappa shape index (κ1) is 19.5. The molecule has 0 saturated heterocycles. The highest BCUT2D eigenvalue weighted by Crippen LogP contribution is 2.40. The van der Waals surface area contributed by atoms with Crippen LogP contribution in [0, 0.1) is 5.82 Å². The highest BCUT2D eigenvalue weighted by atomic mass is 19.1. The van der Waals surface area contributed by atoms with Gasteiger partial charge in [0, 0.05) is 52.2 Å². The van der Waals surface area contributed by atoms with Crippen molar-refractivity contribution in [1.29, 1.82) is 0 Å². The second-order valence-corrected chi connectivity index (χ2v) is 8.25. The molecule has 0 unspecified atom stereocenters. The van der Waals surface area contributed by atoms with Crippen LogP contribution in [0.1, 0.15) is 33.2 Å². The summed E-state index contributed by atoms with van der Waals surface area (Å²) in [5, 5.41) is 1.13. The molecular formula is C27H21FN4O. The summed E-state index contributed by atoms with van der Waals surface area (Å²) in [7, 11) is 0. The van der Waals surface area contributed by atoms with E-state index in [1.54, 1.807) is 35.5 Å². The van der Waals surface area contributed by atoms with Crippen molar-refractivity contribution >= 4 is 16.8 Å². The smallest absolute Gasteiger partial charge is 0.254 e. The van der Waals surface area contributed by atoms with Crippen molar-refractivity contribution in [1.82, 2.24) is 19.9 Å². The number of carbonyl (C=O) groups excluding carboxylic acids is 1. The minimum absolute atomic E-state index is 0.138. The number of hydrogen-bond donors (Lipinski definition) is 2. The van der Waals surface area contributed by atoms with Crippen molar-refractivity contribution in [2.75, 3.05) is 6.54 Å². The van der Waals surface area contributed by atoms with E-state index in [0.717, 1.165) is 27.7 Å². The van der Waals surface area contributed by atoms with Crippen molar-refractivity contribution in [2.45, 2.75) is 12.5 Å². The summed E-state index contributed by atoms with van der Waals surface area (Å²) in [6.07, 6.45) is 4.13. The Morgan fingerprint density at radius 1 is 1.03 bits per heavy atom. The van der Waals surface area contributed by atoms with E-state index < -0.39 is 6.04 Å². The number of H-pyrrole nitrogens is 2. The number of nitrogens with zero attached hydrogens (tertiary/aromatic N) is 2. The number of aromatic amines is 2. The Balaban J connectivity index is 1.48. The van der Waals surface area contributed by atoms with Gasteiger partial charge in [0.2, 0.25) is 0 Å². The summed E-state index contributed by atoms with van der Waals surface area (Å²) < 4.78 is 15.0. The van der Waals surface area contributed by atoms with Crippen LogP contribution in [0.4, 0.5) is 4.39 Å². The molecule has 0 spiro atoms. The molecule has 3 heterocycles. The van der Waals surface area contributed by atoms with Gasteiger partial charge in [0.15, 0.2) is 0 Å². The third-order valence-corrected chi connectivity index (χ3v) is 6.38. The maximum atomic E-state index is 15.0. The summed E-state index contributed by atoms with van der Waals surface area (Å²) >= 11 is 0. The van der Waals surface area contributed by atoms with Gasteiger partial charge in [-0.05, 0) is 36.2 Å². The molecule has 1 atom stereocenters. The summed E-state index contributed by atoms with van der Waals surface area (Å²) in [5.41, 5.74) is 4.88. The van der Waals surface area contributed by atoms with E-state index in [-0.39, 0.29) is 11.7 Å². The minimum atomic E-state index is -0.540. The van der Waals surface area contributed by atoms with Crippen molar-refractivity contribution < 1.29 is 9.18 Å². The number of para-hydroxylation sites is 1. The fourth-order valence-electron chi connectivity index (χ4n) is 4.87. The maximum Gasteiger partial charge on any atom is 0.254 e. The van der Waals surface area contributed by atoms with E-state index in [9.17, 15) is 4.79 Å². The lowest BCUT2D eigenvalue weighted by molar-refractivity contribution is 0.0689. The van der Waals surface area contributed by atoms with E-state index in [0.29, 0.717) is 29.9 Å². The van der Waals surface area contributed by atoms with Gasteiger partial charge < -0.3 is 14.9 Å². The summed E-state index contributed by atoms with van der Waals surface area (Å²) in [6, 6.07) is 21.6. The van der Waals surface area contributed by atoms with Crippen LogP contribution in [0.2, 0.25) is 0 Å². The SMILES string of the molecule is O=C(c1cccc(-c2ncc[nH]2)c1)N1CCc2c([nH]c3ccccc23)[C@@H]1c1ccccc1F. The molecule has 2 aromatic heterocycles. The molecule has 1 aliphatic heterocycles. The Morgan fingerprint density at radius 2 is 1.88 bits per heavy atom. The first-order valence-corrected chi connectivity index (χ1v) is 11.0. The summed E-state index contributed by atoms with van der Waals surface area (Å²) in [6.45, 7) is 0.498. The molecule has 5 aromatic rings. The topological polar surface area (TPSA) is 64.8 Å². The average molecular weight is 436 g/mol. The van der Waals surface area contributed by atoms with Gasteiger partial charge in [0.1, 0.15) is 17.7 Å². The van der Waals surface area contributed by atoms with Gasteiger partial charge in [-0.15, -0.1) is 0 Å². The highest BCUT2D eigenvalue weighted by molar-refractivity contribution is 5.96. The molecule has 6 heteroatoms. The van der Waals surface area contributed by atoms with Crippen molar-refractivity contribution in [3.05, 3.63) is 113 Å². The molecule has 5 nitrogen and oxygen atoms in total. The fraction of sp³-hybridized carbons (Fsp3) is 0.111. The van der Waals surface area contributed by atoms with Crippen molar-refractivity contribution in [3.8, 4) is 11.4 Å². The van der Waals surface area contributed by atoms with Crippen LogP contribution in [-0.2, 0) is 6.42 Å². The molecule has 162 valence electrons. The zero-order chi connectivity index (χ0) is 22.4. The van der Waals surface area contributed by atoms with Crippen LogP contribution >= 0.6 is 0 Å². The molecule has 3 aromatic carbocycles. The van der Waals surface area contributed by atoms with Crippen molar-refractivity contribution in [2.24, 2.45) is 0 Å². The van der Waals surface area contributed by atoms with Crippen LogP contribution in [0.5, 0.6) is 0 Å². The standard InChI is InChI=1S/C27H21FN4O/c28-22-10-3-1-9-21(22)25-24-20(19-8-2-4-11-23(19)31-24)12-15-32(25)27(33)18-7-5-6-17(16-18)26-29-13-14-30-26/h1-11,13-14,16,25,31H,12,15H2,(H,29,30)/t25-/m0/s1. The number of halogens is 1. The van der Waals surface area contributed by atoms with Gasteiger partial charge in [-0.3, -0.25) is 4.79 Å². The Bertz CT molecular complexity index is 1470. The normalized spacial score (nSPS) is 15.5. The molecule has 0 radical (unpaired) electrons. The number of amides is 1. The molecule has 33 heavy (non-hydrogen) atoms. The van der Waals surface area contributed by atoms with E-state index in [4.69, 9.17) is 0 Å². The second kappa shape index (κ2) is 7.74. The lowest BCUT2D eigenvalue weighted by Gasteiger charge is -2.36. The van der Waals surface area contributed by atoms with Gasteiger partial charge in [-0.2, -0.15) is 0 Å². The van der Waals surface area contributed by atoms with Gasteiger partial charge in [0.25, 0.3) is 5.91 Å². The highest BCUT2D eigenvalue weighted by Gasteiger charge is 2.36. The molecule has 1 aliphatic rings. The first-order valence-electron chi connectivity index (χ1n) is 11.0. The Morgan fingerprint density at radius 3 is 2.73 bits per heavy atom. The zero-order valence-electron chi connectivity index (χ0n) is 17.8. The van der Waals surface area contributed by atoms with Gasteiger partial charge >= 0.3 is 0 Å². The quantitative estimate of drug-likeness (QED) is 0.393. The lowest BCUT2D eigenvalue weighted by atomic mass is 9.91. The third kappa shape index (κ3) is 3.22. The monoisotopic (exact) mass is 436 g/mol. The summed E-state index contributed by atoms with van der Waals surface area (Å²) in [5.74, 6) is 0.240. The molecule has 0 fully saturated rings. The Hall–Kier alpha value is -4.19. The molecule has 0 aliphatic carbocycles. The van der Waals surface area contributed by atoms with Gasteiger partial charge in [0.05, 0.1) is 0 Å². The fourth-order valence-corrected chi connectivity index (χ4v) is 4.87. The van der Waals surface area contributed by atoms with E-state index in [1.165, 1.54) is 6.07 Å². The maximum absolute atomic E-state index is 15.0. The molecule has 0 bridgehead atoms. The minimum Gasteiger partial charge on any atom is -0.356 e. The average Bonchev–Trinajstić information content (AvgIpc) is 3.52. The molecule has 6 rings (SSSR count).